The average Bonchev–Trinajstić information content (AvgIpc) is 2.97. The molecule has 1 saturated heterocycles. The number of nitrogens with zero attached hydrogens (tertiary/aromatic N) is 2. The van der Waals surface area contributed by atoms with Crippen LogP contribution in [0.25, 0.3) is 0 Å². The molecule has 0 unspecified atom stereocenters. The highest BCUT2D eigenvalue weighted by Gasteiger charge is 2.38. The Hall–Kier alpha value is -5.31. The minimum atomic E-state index is -1.33. The van der Waals surface area contributed by atoms with E-state index in [1.807, 2.05) is 0 Å². The number of hydrogen-bond donors (Lipinski definition) is 4. The van der Waals surface area contributed by atoms with Crippen molar-refractivity contribution in [1.82, 2.24) is 21.4 Å². The van der Waals surface area contributed by atoms with Crippen molar-refractivity contribution < 1.29 is 38.2 Å². The SMILES string of the molecule is CCOC(=O)C1=C(C)NC(=O)N[C@@H]1c1ccc(OCC(=O)N/N=C\[C@H]2C(=O)NC(=S)N(c3ccccc3)C2=O)c(OC)c1. The molecule has 224 valence electrons. The van der Waals surface area contributed by atoms with E-state index >= 15 is 0 Å². The zero-order valence-electron chi connectivity index (χ0n) is 23.3. The first kappa shape index (κ1) is 30.6. The molecule has 43 heavy (non-hydrogen) atoms. The highest BCUT2D eigenvalue weighted by atomic mass is 32.1. The Morgan fingerprint density at radius 3 is 2.53 bits per heavy atom. The van der Waals surface area contributed by atoms with E-state index in [0.29, 0.717) is 16.9 Å². The van der Waals surface area contributed by atoms with Crippen molar-refractivity contribution in [2.75, 3.05) is 25.2 Å². The lowest BCUT2D eigenvalue weighted by atomic mass is 9.95. The zero-order valence-corrected chi connectivity index (χ0v) is 24.2. The molecule has 2 atom stereocenters. The van der Waals surface area contributed by atoms with Crippen molar-refractivity contribution in [3.63, 3.8) is 0 Å². The molecule has 2 aliphatic heterocycles. The van der Waals surface area contributed by atoms with Gasteiger partial charge in [-0.05, 0) is 55.9 Å². The lowest BCUT2D eigenvalue weighted by Gasteiger charge is -2.30. The van der Waals surface area contributed by atoms with Crippen LogP contribution in [-0.4, -0.2) is 61.4 Å². The van der Waals surface area contributed by atoms with Gasteiger partial charge < -0.3 is 30.2 Å². The monoisotopic (exact) mass is 608 g/mol. The molecule has 4 rings (SSSR count). The van der Waals surface area contributed by atoms with Crippen molar-refractivity contribution in [2.24, 2.45) is 11.0 Å². The summed E-state index contributed by atoms with van der Waals surface area (Å²) in [6, 6.07) is 11.9. The first-order valence-electron chi connectivity index (χ1n) is 13.0. The summed E-state index contributed by atoms with van der Waals surface area (Å²) in [6.45, 7) is 2.94. The topological polar surface area (TPSA) is 177 Å². The summed E-state index contributed by atoms with van der Waals surface area (Å²) in [5.74, 6) is -3.48. The van der Waals surface area contributed by atoms with Gasteiger partial charge in [0.05, 0.1) is 31.0 Å². The quantitative estimate of drug-likeness (QED) is 0.102. The van der Waals surface area contributed by atoms with Crippen LogP contribution < -0.4 is 35.7 Å². The number of amides is 5. The number of hydrazone groups is 1. The van der Waals surface area contributed by atoms with Gasteiger partial charge in [0.15, 0.2) is 29.1 Å². The second-order valence-corrected chi connectivity index (χ2v) is 9.47. The molecule has 2 aliphatic rings. The van der Waals surface area contributed by atoms with Gasteiger partial charge in [0.1, 0.15) is 0 Å². The van der Waals surface area contributed by atoms with Gasteiger partial charge in [0.2, 0.25) is 5.91 Å². The number of urea groups is 1. The van der Waals surface area contributed by atoms with Gasteiger partial charge in [-0.1, -0.05) is 24.3 Å². The Bertz CT molecular complexity index is 1530. The number of nitrogens with one attached hydrogen (secondary N) is 4. The number of thiocarbonyl (C=S) groups is 1. The number of benzene rings is 2. The Balaban J connectivity index is 1.40. The minimum Gasteiger partial charge on any atom is -0.493 e. The van der Waals surface area contributed by atoms with Crippen molar-refractivity contribution in [3.05, 3.63) is 65.4 Å². The molecule has 2 heterocycles. The van der Waals surface area contributed by atoms with Gasteiger partial charge in [-0.15, -0.1) is 0 Å². The lowest BCUT2D eigenvalue weighted by Crippen LogP contribution is -2.58. The van der Waals surface area contributed by atoms with E-state index in [1.54, 1.807) is 56.3 Å². The van der Waals surface area contributed by atoms with Crippen LogP contribution in [0.5, 0.6) is 11.5 Å². The number of carbonyl (C=O) groups excluding carboxylic acids is 5. The lowest BCUT2D eigenvalue weighted by molar-refractivity contribution is -0.139. The molecule has 0 aliphatic carbocycles. The van der Waals surface area contributed by atoms with Gasteiger partial charge in [-0.3, -0.25) is 19.3 Å². The number of anilines is 1. The molecule has 0 aromatic heterocycles. The number of allylic oxidation sites excluding steroid dienone is 1. The molecular weight excluding hydrogens is 580 g/mol. The number of para-hydroxylation sites is 1. The number of rotatable bonds is 10. The number of carbonyl (C=O) groups is 5. The summed E-state index contributed by atoms with van der Waals surface area (Å²) in [5.41, 5.74) is 3.78. The predicted octanol–water partition coefficient (Wildman–Crippen LogP) is 1.43. The highest BCUT2D eigenvalue weighted by molar-refractivity contribution is 7.80. The molecule has 4 N–H and O–H groups in total. The van der Waals surface area contributed by atoms with Crippen molar-refractivity contribution in [2.45, 2.75) is 19.9 Å². The summed E-state index contributed by atoms with van der Waals surface area (Å²) in [5, 5.41) is 11.4. The number of hydrogen-bond acceptors (Lipinski definition) is 10. The number of ether oxygens (including phenoxy) is 3. The fourth-order valence-corrected chi connectivity index (χ4v) is 4.60. The highest BCUT2D eigenvalue weighted by Crippen LogP contribution is 2.34. The van der Waals surface area contributed by atoms with Crippen LogP contribution in [0.3, 0.4) is 0 Å². The summed E-state index contributed by atoms with van der Waals surface area (Å²) in [4.78, 5) is 63.6. The second-order valence-electron chi connectivity index (χ2n) is 9.08. The van der Waals surface area contributed by atoms with Crippen LogP contribution in [0.1, 0.15) is 25.5 Å². The molecule has 15 heteroatoms. The smallest absolute Gasteiger partial charge is 0.338 e. The van der Waals surface area contributed by atoms with E-state index in [0.717, 1.165) is 6.21 Å². The maximum absolute atomic E-state index is 13.0. The third-order valence-corrected chi connectivity index (χ3v) is 6.56. The molecule has 5 amide bonds. The van der Waals surface area contributed by atoms with Crippen LogP contribution in [0.4, 0.5) is 10.5 Å². The maximum atomic E-state index is 13.0. The van der Waals surface area contributed by atoms with E-state index in [1.165, 1.54) is 18.1 Å². The molecule has 14 nitrogen and oxygen atoms in total. The van der Waals surface area contributed by atoms with E-state index in [-0.39, 0.29) is 28.8 Å². The third kappa shape index (κ3) is 6.95. The Kier molecular flexibility index (Phi) is 9.67. The van der Waals surface area contributed by atoms with Gasteiger partial charge in [-0.25, -0.2) is 15.0 Å². The maximum Gasteiger partial charge on any atom is 0.338 e. The van der Waals surface area contributed by atoms with Crippen LogP contribution in [0, 0.1) is 5.92 Å². The Labute approximate surface area is 251 Å². The van der Waals surface area contributed by atoms with E-state index in [9.17, 15) is 24.0 Å². The molecule has 2 aromatic rings. The van der Waals surface area contributed by atoms with Crippen molar-refractivity contribution in [3.8, 4) is 11.5 Å². The summed E-state index contributed by atoms with van der Waals surface area (Å²) < 4.78 is 16.1. The molecule has 0 spiro atoms. The normalized spacial score (nSPS) is 18.5. The van der Waals surface area contributed by atoms with E-state index < -0.39 is 48.3 Å². The van der Waals surface area contributed by atoms with Crippen molar-refractivity contribution in [1.29, 1.82) is 0 Å². The van der Waals surface area contributed by atoms with Gasteiger partial charge >= 0.3 is 12.0 Å². The van der Waals surface area contributed by atoms with Crippen LogP contribution >= 0.6 is 12.2 Å². The van der Waals surface area contributed by atoms with E-state index in [2.05, 4.69) is 26.5 Å². The Morgan fingerprint density at radius 1 is 1.09 bits per heavy atom. The number of esters is 1. The minimum absolute atomic E-state index is 0.0611. The molecule has 1 fully saturated rings. The van der Waals surface area contributed by atoms with Crippen LogP contribution in [0.2, 0.25) is 0 Å². The predicted molar refractivity (Wildman–Crippen MR) is 157 cm³/mol. The third-order valence-electron chi connectivity index (χ3n) is 6.27. The summed E-state index contributed by atoms with van der Waals surface area (Å²) in [6.07, 6.45) is 1.01. The molecular formula is C28H28N6O8S. The molecule has 2 aromatic carbocycles. The molecule has 0 bridgehead atoms. The summed E-state index contributed by atoms with van der Waals surface area (Å²) >= 11 is 5.14. The first-order valence-corrected chi connectivity index (χ1v) is 13.4. The van der Waals surface area contributed by atoms with Gasteiger partial charge in [-0.2, -0.15) is 5.10 Å². The molecule has 0 radical (unpaired) electrons. The first-order chi connectivity index (χ1) is 20.6. The second kappa shape index (κ2) is 13.6. The fraction of sp³-hybridized carbons (Fsp3) is 0.250. The van der Waals surface area contributed by atoms with Crippen LogP contribution in [-0.2, 0) is 23.9 Å². The molecule has 0 saturated carbocycles. The van der Waals surface area contributed by atoms with Crippen LogP contribution in [0.15, 0.2) is 64.9 Å². The largest absolute Gasteiger partial charge is 0.493 e. The zero-order chi connectivity index (χ0) is 31.1. The van der Waals surface area contributed by atoms with Gasteiger partial charge in [0.25, 0.3) is 11.8 Å². The number of methoxy groups -OCH3 is 1. The summed E-state index contributed by atoms with van der Waals surface area (Å²) in [7, 11) is 1.39. The average molecular weight is 609 g/mol. The van der Waals surface area contributed by atoms with Crippen molar-refractivity contribution >= 4 is 59.0 Å². The van der Waals surface area contributed by atoms with E-state index in [4.69, 9.17) is 26.4 Å². The Morgan fingerprint density at radius 2 is 1.84 bits per heavy atom. The van der Waals surface area contributed by atoms with Gasteiger partial charge in [0, 0.05) is 11.9 Å². The fourth-order valence-electron chi connectivity index (χ4n) is 4.31. The standard InChI is InChI=1S/C28H28N6O8S/c1-4-41-26(38)22-15(2)30-27(39)31-23(22)16-10-11-19(20(12-16)40-3)42-14-21(35)33-29-13-18-24(36)32-28(43)34(25(18)37)17-8-6-5-7-9-17/h5-13,18,23H,4,14H2,1-3H3,(H,33,35)(H2,30,31,39)(H,32,36,43)/b29-13-/t18-,23+/m0/s1.